The van der Waals surface area contributed by atoms with Crippen molar-refractivity contribution in [1.29, 1.82) is 0 Å². The van der Waals surface area contributed by atoms with E-state index in [-0.39, 0.29) is 5.92 Å². The highest BCUT2D eigenvalue weighted by Gasteiger charge is 2.16. The molecule has 0 heterocycles. The minimum absolute atomic E-state index is 0.231. The molecule has 0 aliphatic rings. The zero-order valence-electron chi connectivity index (χ0n) is 17.0. The summed E-state index contributed by atoms with van der Waals surface area (Å²) in [5, 5.41) is 20.8. The number of hydrogen-bond donors (Lipinski definition) is 2. The van der Waals surface area contributed by atoms with Crippen LogP contribution in [0.15, 0.2) is 24.3 Å². The Hall–Kier alpha value is -1.96. The van der Waals surface area contributed by atoms with Crippen molar-refractivity contribution in [2.75, 3.05) is 0 Å². The van der Waals surface area contributed by atoms with Crippen LogP contribution in [0.2, 0.25) is 0 Å². The summed E-state index contributed by atoms with van der Waals surface area (Å²) in [6.45, 7) is 10.5. The molecule has 2 heteroatoms. The van der Waals surface area contributed by atoms with Gasteiger partial charge >= 0.3 is 0 Å². The third-order valence-electron chi connectivity index (χ3n) is 5.40. The summed E-state index contributed by atoms with van der Waals surface area (Å²) in [7, 11) is 0. The van der Waals surface area contributed by atoms with E-state index in [0.717, 1.165) is 60.8 Å². The summed E-state index contributed by atoms with van der Waals surface area (Å²) < 4.78 is 0. The molecule has 0 amide bonds. The van der Waals surface area contributed by atoms with Crippen LogP contribution in [0.4, 0.5) is 0 Å². The molecule has 2 nitrogen and oxygen atoms in total. The molecule has 0 saturated heterocycles. The summed E-state index contributed by atoms with van der Waals surface area (Å²) in [4.78, 5) is 0. The van der Waals surface area contributed by atoms with Crippen molar-refractivity contribution < 1.29 is 10.2 Å². The van der Waals surface area contributed by atoms with Crippen LogP contribution in [-0.4, -0.2) is 10.2 Å². The minimum Gasteiger partial charge on any atom is -0.507 e. The Bertz CT molecular complexity index is 683. The number of phenols is 2. The molecule has 2 aromatic rings. The molecular formula is C24H34O2. The van der Waals surface area contributed by atoms with E-state index in [1.807, 2.05) is 13.8 Å². The number of rotatable bonds is 8. The van der Waals surface area contributed by atoms with Crippen molar-refractivity contribution in [2.45, 2.75) is 79.1 Å². The van der Waals surface area contributed by atoms with E-state index in [9.17, 15) is 10.2 Å². The van der Waals surface area contributed by atoms with Crippen molar-refractivity contribution in [3.8, 4) is 11.5 Å². The maximum Gasteiger partial charge on any atom is 0.121 e. The minimum atomic E-state index is 0.231. The normalized spacial score (nSPS) is 11.3. The average Bonchev–Trinajstić information content (AvgIpc) is 2.63. The molecule has 2 rings (SSSR count). The molecule has 142 valence electrons. The molecule has 0 fully saturated rings. The number of phenolic OH excluding ortho intramolecular Hbond substituents is 2. The van der Waals surface area contributed by atoms with Crippen molar-refractivity contribution in [3.63, 3.8) is 0 Å². The van der Waals surface area contributed by atoms with E-state index in [4.69, 9.17) is 0 Å². The van der Waals surface area contributed by atoms with Crippen molar-refractivity contribution in [3.05, 3.63) is 57.6 Å². The van der Waals surface area contributed by atoms with Crippen molar-refractivity contribution in [1.82, 2.24) is 0 Å². The molecule has 2 aromatic carbocycles. The van der Waals surface area contributed by atoms with E-state index in [1.165, 1.54) is 11.1 Å². The smallest absolute Gasteiger partial charge is 0.121 e. The summed E-state index contributed by atoms with van der Waals surface area (Å²) >= 11 is 0. The molecule has 0 spiro atoms. The Labute approximate surface area is 158 Å². The molecule has 0 aliphatic heterocycles. The third kappa shape index (κ3) is 4.60. The highest BCUT2D eigenvalue weighted by atomic mass is 16.3. The largest absolute Gasteiger partial charge is 0.507 e. The van der Waals surface area contributed by atoms with Gasteiger partial charge in [-0.1, -0.05) is 57.9 Å². The van der Waals surface area contributed by atoms with Gasteiger partial charge in [0.15, 0.2) is 0 Å². The van der Waals surface area contributed by atoms with Gasteiger partial charge in [-0.2, -0.15) is 0 Å². The van der Waals surface area contributed by atoms with Gasteiger partial charge in [0.25, 0.3) is 0 Å². The van der Waals surface area contributed by atoms with Gasteiger partial charge in [0, 0.05) is 5.92 Å². The Kier molecular flexibility index (Phi) is 7.14. The van der Waals surface area contributed by atoms with Crippen LogP contribution in [0.3, 0.4) is 0 Å². The monoisotopic (exact) mass is 354 g/mol. The van der Waals surface area contributed by atoms with Crippen molar-refractivity contribution in [2.24, 2.45) is 0 Å². The zero-order valence-corrected chi connectivity index (χ0v) is 17.0. The Balaban J connectivity index is 2.40. The van der Waals surface area contributed by atoms with Crippen LogP contribution >= 0.6 is 0 Å². The second kappa shape index (κ2) is 9.12. The van der Waals surface area contributed by atoms with Gasteiger partial charge in [-0.15, -0.1) is 0 Å². The van der Waals surface area contributed by atoms with E-state index in [1.54, 1.807) is 0 Å². The highest BCUT2D eigenvalue weighted by Crippen LogP contribution is 2.35. The molecule has 0 aromatic heterocycles. The lowest BCUT2D eigenvalue weighted by atomic mass is 9.87. The molecule has 0 aliphatic carbocycles. The summed E-state index contributed by atoms with van der Waals surface area (Å²) in [6, 6.07) is 8.53. The average molecular weight is 355 g/mol. The number of hydrogen-bond acceptors (Lipinski definition) is 2. The summed E-state index contributed by atoms with van der Waals surface area (Å²) in [5.74, 6) is 1.12. The lowest BCUT2D eigenvalue weighted by Crippen LogP contribution is -2.02. The molecule has 2 N–H and O–H groups in total. The first-order chi connectivity index (χ1) is 12.4. The third-order valence-corrected chi connectivity index (χ3v) is 5.40. The molecule has 0 saturated carbocycles. The predicted octanol–water partition coefficient (Wildman–Crippen LogP) is 6.55. The Morgan fingerprint density at radius 2 is 1.12 bits per heavy atom. The first-order valence-electron chi connectivity index (χ1n) is 10.0. The van der Waals surface area contributed by atoms with Crippen LogP contribution in [0, 0.1) is 13.8 Å². The number of unbranched alkanes of at least 4 members (excludes halogenated alkanes) is 2. The maximum absolute atomic E-state index is 10.4. The topological polar surface area (TPSA) is 40.5 Å². The van der Waals surface area contributed by atoms with Gasteiger partial charge in [-0.25, -0.2) is 0 Å². The maximum atomic E-state index is 10.4. The molecule has 0 radical (unpaired) electrons. The molecule has 0 bridgehead atoms. The van der Waals surface area contributed by atoms with Gasteiger partial charge in [0.1, 0.15) is 11.5 Å². The van der Waals surface area contributed by atoms with Crippen LogP contribution in [0.5, 0.6) is 11.5 Å². The Morgan fingerprint density at radius 3 is 1.46 bits per heavy atom. The van der Waals surface area contributed by atoms with Gasteiger partial charge in [0.2, 0.25) is 0 Å². The summed E-state index contributed by atoms with van der Waals surface area (Å²) in [5.41, 5.74) is 6.46. The first kappa shape index (κ1) is 20.4. The van der Waals surface area contributed by atoms with Crippen LogP contribution in [-0.2, 0) is 12.8 Å². The second-order valence-corrected chi connectivity index (χ2v) is 7.62. The van der Waals surface area contributed by atoms with E-state index in [0.29, 0.717) is 11.5 Å². The van der Waals surface area contributed by atoms with E-state index in [2.05, 4.69) is 45.0 Å². The van der Waals surface area contributed by atoms with E-state index < -0.39 is 0 Å². The molecular weight excluding hydrogens is 320 g/mol. The summed E-state index contributed by atoms with van der Waals surface area (Å²) in [6.07, 6.45) is 6.25. The van der Waals surface area contributed by atoms with Gasteiger partial charge < -0.3 is 10.2 Å². The zero-order chi connectivity index (χ0) is 19.3. The van der Waals surface area contributed by atoms with Gasteiger partial charge in [-0.3, -0.25) is 0 Å². The predicted molar refractivity (Wildman–Crippen MR) is 110 cm³/mol. The lowest BCUT2D eigenvalue weighted by Gasteiger charge is -2.19. The fourth-order valence-corrected chi connectivity index (χ4v) is 3.57. The quantitative estimate of drug-likeness (QED) is 0.564. The highest BCUT2D eigenvalue weighted by molar-refractivity contribution is 5.49. The fraction of sp³-hybridized carbons (Fsp3) is 0.500. The SMILES string of the molecule is CCCCc1cc(C(C)c2cc(C)c(O)c(CCCC)c2)cc(C)c1O. The van der Waals surface area contributed by atoms with Crippen molar-refractivity contribution >= 4 is 0 Å². The Morgan fingerprint density at radius 1 is 0.731 bits per heavy atom. The lowest BCUT2D eigenvalue weighted by molar-refractivity contribution is 0.462. The number of aryl methyl sites for hydroxylation is 4. The molecule has 26 heavy (non-hydrogen) atoms. The molecule has 0 unspecified atom stereocenters. The van der Waals surface area contributed by atoms with Crippen LogP contribution in [0.1, 0.15) is 85.8 Å². The number of benzene rings is 2. The van der Waals surface area contributed by atoms with Gasteiger partial charge in [0.05, 0.1) is 0 Å². The van der Waals surface area contributed by atoms with Crippen LogP contribution < -0.4 is 0 Å². The first-order valence-corrected chi connectivity index (χ1v) is 10.0. The van der Waals surface area contributed by atoms with E-state index >= 15 is 0 Å². The molecule has 0 atom stereocenters. The standard InChI is InChI=1S/C24H34O2/c1-6-8-10-19-14-21(12-16(3)23(19)25)18(5)22-13-17(4)24(26)20(15-22)11-9-7-2/h12-15,18,25-26H,6-11H2,1-5H3. The number of aromatic hydroxyl groups is 2. The second-order valence-electron chi connectivity index (χ2n) is 7.62. The van der Waals surface area contributed by atoms with Gasteiger partial charge in [-0.05, 0) is 72.9 Å². The fourth-order valence-electron chi connectivity index (χ4n) is 3.57. The van der Waals surface area contributed by atoms with Crippen LogP contribution in [0.25, 0.3) is 0 Å².